The molecule has 110 valence electrons. The number of carboxylic acids is 1. The summed E-state index contributed by atoms with van der Waals surface area (Å²) in [5.41, 5.74) is -0.555. The molecule has 0 atom stereocenters. The number of carbonyl (C=O) groups excluding carboxylic acids is 1. The van der Waals surface area contributed by atoms with Crippen molar-refractivity contribution in [1.29, 1.82) is 0 Å². The standard InChI is InChI=1S/C12H13F3N2O3/c1-2-5-17(6-9(18)19)12(20)16-8-4-3-7(13)10(14)11(8)15/h3-4H,2,5-6H2,1H3,(H,16,20)(H,18,19). The highest BCUT2D eigenvalue weighted by atomic mass is 19.2. The number of halogens is 3. The van der Waals surface area contributed by atoms with E-state index >= 15 is 0 Å². The molecule has 0 unspecified atom stereocenters. The summed E-state index contributed by atoms with van der Waals surface area (Å²) in [4.78, 5) is 23.3. The third-order valence-electron chi connectivity index (χ3n) is 2.38. The van der Waals surface area contributed by atoms with Crippen LogP contribution >= 0.6 is 0 Å². The number of anilines is 1. The highest BCUT2D eigenvalue weighted by molar-refractivity contribution is 5.91. The zero-order valence-electron chi connectivity index (χ0n) is 10.6. The first-order valence-corrected chi connectivity index (χ1v) is 5.78. The van der Waals surface area contributed by atoms with E-state index in [4.69, 9.17) is 5.11 Å². The van der Waals surface area contributed by atoms with E-state index in [2.05, 4.69) is 0 Å². The first kappa shape index (κ1) is 15.8. The zero-order valence-corrected chi connectivity index (χ0v) is 10.6. The molecule has 2 amide bonds. The molecule has 8 heteroatoms. The Bertz CT molecular complexity index is 523. The summed E-state index contributed by atoms with van der Waals surface area (Å²) in [6, 6.07) is 0.616. The van der Waals surface area contributed by atoms with Crippen molar-refractivity contribution >= 4 is 17.7 Å². The van der Waals surface area contributed by atoms with Crippen molar-refractivity contribution in [3.63, 3.8) is 0 Å². The van der Waals surface area contributed by atoms with Gasteiger partial charge in [0.2, 0.25) is 0 Å². The van der Waals surface area contributed by atoms with E-state index in [-0.39, 0.29) is 6.54 Å². The average molecular weight is 290 g/mol. The maximum absolute atomic E-state index is 13.4. The van der Waals surface area contributed by atoms with Gasteiger partial charge < -0.3 is 15.3 Å². The first-order chi connectivity index (χ1) is 9.36. The fourth-order valence-corrected chi connectivity index (χ4v) is 1.50. The molecule has 0 heterocycles. The summed E-state index contributed by atoms with van der Waals surface area (Å²) < 4.78 is 39.1. The largest absolute Gasteiger partial charge is 0.480 e. The van der Waals surface area contributed by atoms with E-state index in [0.717, 1.165) is 11.0 Å². The van der Waals surface area contributed by atoms with E-state index < -0.39 is 41.7 Å². The molecule has 0 aliphatic rings. The molecule has 1 aromatic carbocycles. The predicted octanol–water partition coefficient (Wildman–Crippen LogP) is 2.43. The Morgan fingerprint density at radius 1 is 1.25 bits per heavy atom. The van der Waals surface area contributed by atoms with Gasteiger partial charge in [0.05, 0.1) is 5.69 Å². The lowest BCUT2D eigenvalue weighted by Gasteiger charge is -2.20. The van der Waals surface area contributed by atoms with Crippen LogP contribution in [0.5, 0.6) is 0 Å². The molecule has 0 aromatic heterocycles. The number of aliphatic carboxylic acids is 1. The van der Waals surface area contributed by atoms with E-state index in [0.29, 0.717) is 12.5 Å². The number of hydrogen-bond acceptors (Lipinski definition) is 2. The maximum atomic E-state index is 13.4. The first-order valence-electron chi connectivity index (χ1n) is 5.78. The molecule has 20 heavy (non-hydrogen) atoms. The number of nitrogens with zero attached hydrogens (tertiary/aromatic N) is 1. The van der Waals surface area contributed by atoms with Crippen molar-refractivity contribution in [3.05, 3.63) is 29.6 Å². The topological polar surface area (TPSA) is 69.6 Å². The normalized spacial score (nSPS) is 10.2. The monoisotopic (exact) mass is 290 g/mol. The minimum absolute atomic E-state index is 0.128. The smallest absolute Gasteiger partial charge is 0.323 e. The number of amides is 2. The van der Waals surface area contributed by atoms with Crippen LogP contribution in [0.3, 0.4) is 0 Å². The van der Waals surface area contributed by atoms with Crippen LogP contribution in [0.2, 0.25) is 0 Å². The zero-order chi connectivity index (χ0) is 15.3. The Morgan fingerprint density at radius 3 is 2.45 bits per heavy atom. The molecule has 0 radical (unpaired) electrons. The molecule has 2 N–H and O–H groups in total. The molecule has 1 rings (SSSR count). The van der Waals surface area contributed by atoms with Gasteiger partial charge in [-0.3, -0.25) is 4.79 Å². The van der Waals surface area contributed by atoms with Crippen molar-refractivity contribution in [2.75, 3.05) is 18.4 Å². The van der Waals surface area contributed by atoms with Crippen LogP contribution in [0.4, 0.5) is 23.7 Å². The second-order valence-electron chi connectivity index (χ2n) is 3.97. The van der Waals surface area contributed by atoms with Crippen molar-refractivity contribution in [1.82, 2.24) is 4.90 Å². The molecule has 0 saturated carbocycles. The SMILES string of the molecule is CCCN(CC(=O)O)C(=O)Nc1ccc(F)c(F)c1F. The molecule has 0 saturated heterocycles. The Hall–Kier alpha value is -2.25. The number of hydrogen-bond donors (Lipinski definition) is 2. The summed E-state index contributed by atoms with van der Waals surface area (Å²) >= 11 is 0. The Morgan fingerprint density at radius 2 is 1.90 bits per heavy atom. The van der Waals surface area contributed by atoms with Gasteiger partial charge in [-0.2, -0.15) is 0 Å². The Kier molecular flexibility index (Phi) is 5.36. The molecule has 0 spiro atoms. The summed E-state index contributed by atoms with van der Waals surface area (Å²) in [6.45, 7) is 1.27. The number of carboxylic acid groups (broad SMARTS) is 1. The van der Waals surface area contributed by atoms with Gasteiger partial charge in [-0.1, -0.05) is 6.92 Å². The molecular formula is C12H13F3N2O3. The summed E-state index contributed by atoms with van der Waals surface area (Å²) in [7, 11) is 0. The fourth-order valence-electron chi connectivity index (χ4n) is 1.50. The lowest BCUT2D eigenvalue weighted by molar-refractivity contribution is -0.137. The van der Waals surface area contributed by atoms with Gasteiger partial charge in [-0.05, 0) is 18.6 Å². The maximum Gasteiger partial charge on any atom is 0.323 e. The van der Waals surface area contributed by atoms with E-state index in [1.54, 1.807) is 6.92 Å². The average Bonchev–Trinajstić information content (AvgIpc) is 2.38. The van der Waals surface area contributed by atoms with Crippen LogP contribution in [0.1, 0.15) is 13.3 Å². The Labute approximate surface area is 113 Å². The molecule has 0 aliphatic carbocycles. The van der Waals surface area contributed by atoms with E-state index in [9.17, 15) is 22.8 Å². The van der Waals surface area contributed by atoms with Crippen molar-refractivity contribution in [2.45, 2.75) is 13.3 Å². The van der Waals surface area contributed by atoms with Crippen LogP contribution < -0.4 is 5.32 Å². The highest BCUT2D eigenvalue weighted by Gasteiger charge is 2.19. The summed E-state index contributed by atoms with van der Waals surface area (Å²) in [6.07, 6.45) is 0.487. The number of benzene rings is 1. The molecule has 5 nitrogen and oxygen atoms in total. The predicted molar refractivity (Wildman–Crippen MR) is 64.8 cm³/mol. The molecule has 0 fully saturated rings. The van der Waals surface area contributed by atoms with Gasteiger partial charge in [-0.15, -0.1) is 0 Å². The van der Waals surface area contributed by atoms with Crippen molar-refractivity contribution < 1.29 is 27.9 Å². The minimum atomic E-state index is -1.71. The van der Waals surface area contributed by atoms with Crippen LogP contribution in [0.25, 0.3) is 0 Å². The quantitative estimate of drug-likeness (QED) is 0.818. The van der Waals surface area contributed by atoms with Gasteiger partial charge >= 0.3 is 12.0 Å². The molecule has 0 aliphatic heterocycles. The second-order valence-corrected chi connectivity index (χ2v) is 3.97. The second kappa shape index (κ2) is 6.78. The number of nitrogens with one attached hydrogen (secondary N) is 1. The van der Waals surface area contributed by atoms with Gasteiger partial charge in [-0.25, -0.2) is 18.0 Å². The number of carbonyl (C=O) groups is 2. The molecule has 0 bridgehead atoms. The van der Waals surface area contributed by atoms with Crippen LogP contribution in [-0.2, 0) is 4.79 Å². The van der Waals surface area contributed by atoms with Gasteiger partial charge in [0, 0.05) is 6.54 Å². The minimum Gasteiger partial charge on any atom is -0.480 e. The Balaban J connectivity index is 2.88. The number of urea groups is 1. The van der Waals surface area contributed by atoms with Crippen LogP contribution in [0, 0.1) is 17.5 Å². The van der Waals surface area contributed by atoms with Gasteiger partial charge in [0.25, 0.3) is 0 Å². The molecular weight excluding hydrogens is 277 g/mol. The van der Waals surface area contributed by atoms with E-state index in [1.807, 2.05) is 5.32 Å². The third-order valence-corrected chi connectivity index (χ3v) is 2.38. The summed E-state index contributed by atoms with van der Waals surface area (Å²) in [5.74, 6) is -5.86. The molecule has 1 aromatic rings. The highest BCUT2D eigenvalue weighted by Crippen LogP contribution is 2.19. The lowest BCUT2D eigenvalue weighted by atomic mass is 10.3. The van der Waals surface area contributed by atoms with E-state index in [1.165, 1.54) is 0 Å². The van der Waals surface area contributed by atoms with Crippen molar-refractivity contribution in [3.8, 4) is 0 Å². The van der Waals surface area contributed by atoms with Gasteiger partial charge in [0.1, 0.15) is 6.54 Å². The van der Waals surface area contributed by atoms with Gasteiger partial charge in [0.15, 0.2) is 17.5 Å². The number of rotatable bonds is 5. The lowest BCUT2D eigenvalue weighted by Crippen LogP contribution is -2.39. The van der Waals surface area contributed by atoms with Crippen LogP contribution in [0.15, 0.2) is 12.1 Å². The van der Waals surface area contributed by atoms with Crippen LogP contribution in [-0.4, -0.2) is 35.1 Å². The van der Waals surface area contributed by atoms with Crippen molar-refractivity contribution in [2.24, 2.45) is 0 Å². The fraction of sp³-hybridized carbons (Fsp3) is 0.333. The third kappa shape index (κ3) is 3.87. The summed E-state index contributed by atoms with van der Waals surface area (Å²) in [5, 5.41) is 10.7.